The average molecular weight is 311 g/mol. The van der Waals surface area contributed by atoms with Crippen LogP contribution < -0.4 is 4.74 Å². The number of halogens is 2. The molecule has 2 rings (SSSR count). The predicted molar refractivity (Wildman–Crippen MR) is 82.9 cm³/mol. The smallest absolute Gasteiger partial charge is 0.122 e. The minimum atomic E-state index is -0.523. The Morgan fingerprint density at radius 3 is 2.45 bits per heavy atom. The van der Waals surface area contributed by atoms with Crippen molar-refractivity contribution in [2.45, 2.75) is 18.9 Å². The molecule has 0 heterocycles. The molecule has 2 aromatic carbocycles. The molecule has 0 amide bonds. The number of para-hydroxylation sites is 1. The van der Waals surface area contributed by atoms with Crippen LogP contribution in [0.3, 0.4) is 0 Å². The molecule has 1 unspecified atom stereocenters. The number of ether oxygens (including phenoxy) is 1. The lowest BCUT2D eigenvalue weighted by Crippen LogP contribution is -2.14. The number of aliphatic hydroxyl groups is 1. The Kier molecular flexibility index (Phi) is 5.30. The van der Waals surface area contributed by atoms with Gasteiger partial charge < -0.3 is 9.84 Å². The van der Waals surface area contributed by atoms with E-state index in [0.717, 1.165) is 16.9 Å². The van der Waals surface area contributed by atoms with Gasteiger partial charge in [0.05, 0.1) is 13.2 Å². The van der Waals surface area contributed by atoms with E-state index in [1.165, 1.54) is 0 Å². The van der Waals surface area contributed by atoms with E-state index in [2.05, 4.69) is 0 Å². The van der Waals surface area contributed by atoms with Crippen LogP contribution in [0.4, 0.5) is 0 Å². The number of benzene rings is 2. The van der Waals surface area contributed by atoms with Gasteiger partial charge in [-0.2, -0.15) is 0 Å². The van der Waals surface area contributed by atoms with E-state index >= 15 is 0 Å². The van der Waals surface area contributed by atoms with Crippen LogP contribution in [0.15, 0.2) is 42.5 Å². The van der Waals surface area contributed by atoms with Gasteiger partial charge in [-0.25, -0.2) is 0 Å². The van der Waals surface area contributed by atoms with Gasteiger partial charge in [-0.15, -0.1) is 0 Å². The Balaban J connectivity index is 2.07. The van der Waals surface area contributed by atoms with Crippen LogP contribution in [0.1, 0.15) is 11.1 Å². The second kappa shape index (κ2) is 6.98. The standard InChI is InChI=1S/C16H16Cl2O2/c1-20-16-5-3-2-4-12(16)9-14(19)8-11-6-7-13(17)10-15(11)18/h2-7,10,14,19H,8-9H2,1H3. The Morgan fingerprint density at radius 1 is 1.05 bits per heavy atom. The van der Waals surface area contributed by atoms with Gasteiger partial charge in [0, 0.05) is 22.9 Å². The van der Waals surface area contributed by atoms with E-state index in [-0.39, 0.29) is 0 Å². The van der Waals surface area contributed by atoms with Crippen molar-refractivity contribution < 1.29 is 9.84 Å². The Bertz CT molecular complexity index is 584. The summed E-state index contributed by atoms with van der Waals surface area (Å²) < 4.78 is 5.28. The fourth-order valence-corrected chi connectivity index (χ4v) is 2.62. The quantitative estimate of drug-likeness (QED) is 0.899. The van der Waals surface area contributed by atoms with Gasteiger partial charge in [0.2, 0.25) is 0 Å². The molecule has 0 spiro atoms. The highest BCUT2D eigenvalue weighted by molar-refractivity contribution is 6.35. The normalized spacial score (nSPS) is 12.2. The number of hydrogen-bond donors (Lipinski definition) is 1. The number of methoxy groups -OCH3 is 1. The molecule has 0 bridgehead atoms. The molecule has 4 heteroatoms. The van der Waals surface area contributed by atoms with E-state index in [9.17, 15) is 5.11 Å². The highest BCUT2D eigenvalue weighted by Gasteiger charge is 2.12. The van der Waals surface area contributed by atoms with Gasteiger partial charge in [-0.3, -0.25) is 0 Å². The summed E-state index contributed by atoms with van der Waals surface area (Å²) in [5.41, 5.74) is 1.87. The lowest BCUT2D eigenvalue weighted by Gasteiger charge is -2.14. The third-order valence-corrected chi connectivity index (χ3v) is 3.71. The molecule has 0 aliphatic carbocycles. The summed E-state index contributed by atoms with van der Waals surface area (Å²) in [7, 11) is 1.63. The van der Waals surface area contributed by atoms with Crippen LogP contribution in [0, 0.1) is 0 Å². The third kappa shape index (κ3) is 3.89. The van der Waals surface area contributed by atoms with E-state index in [0.29, 0.717) is 22.9 Å². The number of hydrogen-bond acceptors (Lipinski definition) is 2. The van der Waals surface area contributed by atoms with Crippen molar-refractivity contribution in [2.24, 2.45) is 0 Å². The van der Waals surface area contributed by atoms with Crippen molar-refractivity contribution in [1.82, 2.24) is 0 Å². The molecule has 1 atom stereocenters. The first-order valence-corrected chi connectivity index (χ1v) is 7.09. The van der Waals surface area contributed by atoms with Crippen molar-refractivity contribution in [3.8, 4) is 5.75 Å². The number of aliphatic hydroxyl groups excluding tert-OH is 1. The van der Waals surface area contributed by atoms with Crippen LogP contribution in [0.2, 0.25) is 10.0 Å². The summed E-state index contributed by atoms with van der Waals surface area (Å²) in [5.74, 6) is 0.786. The van der Waals surface area contributed by atoms with Crippen LogP contribution >= 0.6 is 23.2 Å². The fourth-order valence-electron chi connectivity index (χ4n) is 2.14. The van der Waals surface area contributed by atoms with Gasteiger partial charge in [-0.05, 0) is 29.3 Å². The molecule has 2 nitrogen and oxygen atoms in total. The molecule has 0 fully saturated rings. The number of rotatable bonds is 5. The lowest BCUT2D eigenvalue weighted by molar-refractivity contribution is 0.174. The van der Waals surface area contributed by atoms with Gasteiger partial charge in [0.25, 0.3) is 0 Å². The second-order valence-electron chi connectivity index (χ2n) is 4.61. The van der Waals surface area contributed by atoms with Crippen LogP contribution in [-0.2, 0) is 12.8 Å². The Hall–Kier alpha value is -1.22. The Morgan fingerprint density at radius 2 is 1.75 bits per heavy atom. The zero-order chi connectivity index (χ0) is 14.5. The van der Waals surface area contributed by atoms with Crippen LogP contribution in [0.5, 0.6) is 5.75 Å². The molecule has 1 N–H and O–H groups in total. The predicted octanol–water partition coefficient (Wildman–Crippen LogP) is 4.15. The van der Waals surface area contributed by atoms with Crippen molar-refractivity contribution >= 4 is 23.2 Å². The third-order valence-electron chi connectivity index (χ3n) is 3.12. The first-order chi connectivity index (χ1) is 9.60. The monoisotopic (exact) mass is 310 g/mol. The maximum atomic E-state index is 10.2. The van der Waals surface area contributed by atoms with Gasteiger partial charge >= 0.3 is 0 Å². The maximum Gasteiger partial charge on any atom is 0.122 e. The molecule has 0 aromatic heterocycles. The zero-order valence-corrected chi connectivity index (χ0v) is 12.7. The van der Waals surface area contributed by atoms with Gasteiger partial charge in [0.1, 0.15) is 5.75 Å². The molecule has 0 saturated heterocycles. The summed E-state index contributed by atoms with van der Waals surface area (Å²) in [6.45, 7) is 0. The van der Waals surface area contributed by atoms with Crippen molar-refractivity contribution in [2.75, 3.05) is 7.11 Å². The largest absolute Gasteiger partial charge is 0.496 e. The van der Waals surface area contributed by atoms with Crippen molar-refractivity contribution in [3.63, 3.8) is 0 Å². The molecule has 2 aromatic rings. The van der Waals surface area contributed by atoms with Gasteiger partial charge in [-0.1, -0.05) is 47.5 Å². The maximum absolute atomic E-state index is 10.2. The minimum Gasteiger partial charge on any atom is -0.496 e. The highest BCUT2D eigenvalue weighted by atomic mass is 35.5. The summed E-state index contributed by atoms with van der Waals surface area (Å²) in [6, 6.07) is 13.0. The van der Waals surface area contributed by atoms with E-state index < -0.39 is 6.10 Å². The molecular weight excluding hydrogens is 295 g/mol. The van der Waals surface area contributed by atoms with Crippen LogP contribution in [-0.4, -0.2) is 18.3 Å². The lowest BCUT2D eigenvalue weighted by atomic mass is 10.0. The summed E-state index contributed by atoms with van der Waals surface area (Å²) >= 11 is 12.0. The molecule has 0 aliphatic heterocycles. The molecular formula is C16H16Cl2O2. The van der Waals surface area contributed by atoms with E-state index in [1.54, 1.807) is 19.2 Å². The molecule has 20 heavy (non-hydrogen) atoms. The van der Waals surface area contributed by atoms with Crippen molar-refractivity contribution in [3.05, 3.63) is 63.6 Å². The highest BCUT2D eigenvalue weighted by Crippen LogP contribution is 2.24. The minimum absolute atomic E-state index is 0.480. The molecule has 106 valence electrons. The molecule has 0 radical (unpaired) electrons. The first kappa shape index (κ1) is 15.2. The second-order valence-corrected chi connectivity index (χ2v) is 5.45. The van der Waals surface area contributed by atoms with Crippen molar-refractivity contribution in [1.29, 1.82) is 0 Å². The zero-order valence-electron chi connectivity index (χ0n) is 11.1. The van der Waals surface area contributed by atoms with E-state index in [1.807, 2.05) is 30.3 Å². The Labute approximate surface area is 128 Å². The van der Waals surface area contributed by atoms with E-state index in [4.69, 9.17) is 27.9 Å². The van der Waals surface area contributed by atoms with Gasteiger partial charge in [0.15, 0.2) is 0 Å². The van der Waals surface area contributed by atoms with Crippen LogP contribution in [0.25, 0.3) is 0 Å². The molecule has 0 aliphatic rings. The fraction of sp³-hybridized carbons (Fsp3) is 0.250. The summed E-state index contributed by atoms with van der Waals surface area (Å²) in [4.78, 5) is 0. The summed E-state index contributed by atoms with van der Waals surface area (Å²) in [5, 5.41) is 11.4. The average Bonchev–Trinajstić information content (AvgIpc) is 2.42. The topological polar surface area (TPSA) is 29.5 Å². The first-order valence-electron chi connectivity index (χ1n) is 6.34. The molecule has 0 saturated carbocycles. The SMILES string of the molecule is COc1ccccc1CC(O)Cc1ccc(Cl)cc1Cl. The summed E-state index contributed by atoms with van der Waals surface area (Å²) in [6.07, 6.45) is 0.474.